The van der Waals surface area contributed by atoms with Gasteiger partial charge in [0, 0.05) is 10.6 Å². The Balaban J connectivity index is 2.10. The molecule has 0 unspecified atom stereocenters. The van der Waals surface area contributed by atoms with Gasteiger partial charge < -0.3 is 14.8 Å². The molecule has 0 radical (unpaired) electrons. The molecule has 1 N–H and O–H groups in total. The van der Waals surface area contributed by atoms with Gasteiger partial charge in [-0.2, -0.15) is 5.26 Å². The largest absolute Gasteiger partial charge is 0.496 e. The molecule has 2 aromatic carbocycles. The number of thiocyanates is 1. The summed E-state index contributed by atoms with van der Waals surface area (Å²) in [7, 11) is 1.40. The molecule has 0 aliphatic carbocycles. The lowest BCUT2D eigenvalue weighted by Gasteiger charge is -2.13. The maximum absolute atomic E-state index is 12.2. The van der Waals surface area contributed by atoms with Crippen LogP contribution < -0.4 is 14.8 Å². The molecule has 2 aromatic rings. The van der Waals surface area contributed by atoms with Crippen LogP contribution in [0.5, 0.6) is 11.5 Å². The summed E-state index contributed by atoms with van der Waals surface area (Å²) in [6.07, 6.45) is 0. The SMILES string of the molecule is COc1ccc(OCC(=O)Nc2c(C)cc(SC#N)cc2C)c([N+](=O)[O-])c1. The first-order valence-electron chi connectivity index (χ1n) is 7.78. The lowest BCUT2D eigenvalue weighted by Crippen LogP contribution is -2.21. The molecule has 1 amide bonds. The number of nitrogens with zero attached hydrogens (tertiary/aromatic N) is 2. The maximum atomic E-state index is 12.2. The third-order valence-electron chi connectivity index (χ3n) is 3.66. The molecule has 140 valence electrons. The highest BCUT2D eigenvalue weighted by Crippen LogP contribution is 2.31. The Kier molecular flexibility index (Phi) is 6.62. The number of benzene rings is 2. The third kappa shape index (κ3) is 5.12. The van der Waals surface area contributed by atoms with Crippen LogP contribution in [-0.2, 0) is 4.79 Å². The standard InChI is InChI=1S/C18H17N3O5S/c1-11-6-14(27-10-19)7-12(2)18(11)20-17(22)9-26-16-5-4-13(25-3)8-15(16)21(23)24/h4-8H,9H2,1-3H3,(H,20,22). The topological polar surface area (TPSA) is 114 Å². The van der Waals surface area contributed by atoms with Crippen molar-refractivity contribution in [1.82, 2.24) is 0 Å². The number of nitro benzene ring substituents is 1. The molecule has 0 bridgehead atoms. The zero-order valence-electron chi connectivity index (χ0n) is 14.9. The molecule has 0 aliphatic rings. The summed E-state index contributed by atoms with van der Waals surface area (Å²) in [6, 6.07) is 7.72. The first-order valence-corrected chi connectivity index (χ1v) is 8.59. The van der Waals surface area contributed by atoms with Crippen LogP contribution in [0.3, 0.4) is 0 Å². The van der Waals surface area contributed by atoms with Crippen molar-refractivity contribution in [2.45, 2.75) is 18.7 Å². The van der Waals surface area contributed by atoms with Crippen LogP contribution in [0.25, 0.3) is 0 Å². The molecule has 0 spiro atoms. The third-order valence-corrected chi connectivity index (χ3v) is 4.22. The van der Waals surface area contributed by atoms with E-state index in [1.807, 2.05) is 19.2 Å². The van der Waals surface area contributed by atoms with E-state index in [1.165, 1.54) is 25.3 Å². The average Bonchev–Trinajstić information content (AvgIpc) is 2.63. The number of nitrogens with one attached hydrogen (secondary N) is 1. The molecule has 0 aliphatic heterocycles. The molecule has 0 saturated carbocycles. The summed E-state index contributed by atoms with van der Waals surface area (Å²) < 4.78 is 10.3. The average molecular weight is 387 g/mol. The van der Waals surface area contributed by atoms with Crippen molar-refractivity contribution >= 4 is 29.0 Å². The Bertz CT molecular complexity index is 901. The predicted molar refractivity (Wildman–Crippen MR) is 101 cm³/mol. The van der Waals surface area contributed by atoms with E-state index in [-0.39, 0.29) is 18.0 Å². The number of carbonyl (C=O) groups is 1. The van der Waals surface area contributed by atoms with E-state index in [0.717, 1.165) is 27.8 Å². The number of thioether (sulfide) groups is 1. The number of ether oxygens (including phenoxy) is 2. The molecule has 0 atom stereocenters. The highest BCUT2D eigenvalue weighted by molar-refractivity contribution is 8.03. The fraction of sp³-hybridized carbons (Fsp3) is 0.222. The number of nitro groups is 1. The summed E-state index contributed by atoms with van der Waals surface area (Å²) in [5, 5.41) is 24.6. The number of aryl methyl sites for hydroxylation is 2. The highest BCUT2D eigenvalue weighted by atomic mass is 32.2. The van der Waals surface area contributed by atoms with Gasteiger partial charge in [-0.15, -0.1) is 0 Å². The van der Waals surface area contributed by atoms with Crippen molar-refractivity contribution in [3.05, 3.63) is 51.6 Å². The second-order valence-electron chi connectivity index (χ2n) is 5.55. The molecule has 8 nitrogen and oxygen atoms in total. The molecule has 2 rings (SSSR count). The van der Waals surface area contributed by atoms with Gasteiger partial charge in [0.1, 0.15) is 11.2 Å². The van der Waals surface area contributed by atoms with Crippen molar-refractivity contribution in [1.29, 1.82) is 5.26 Å². The number of nitriles is 1. The van der Waals surface area contributed by atoms with E-state index >= 15 is 0 Å². The molecule has 27 heavy (non-hydrogen) atoms. The predicted octanol–water partition coefficient (Wildman–Crippen LogP) is 3.81. The lowest BCUT2D eigenvalue weighted by atomic mass is 10.1. The number of amides is 1. The highest BCUT2D eigenvalue weighted by Gasteiger charge is 2.18. The molecular weight excluding hydrogens is 370 g/mol. The number of anilines is 1. The van der Waals surface area contributed by atoms with Gasteiger partial charge in [0.25, 0.3) is 5.91 Å². The van der Waals surface area contributed by atoms with E-state index < -0.39 is 10.8 Å². The monoisotopic (exact) mass is 387 g/mol. The number of hydrogen-bond acceptors (Lipinski definition) is 7. The zero-order valence-corrected chi connectivity index (χ0v) is 15.8. The Hall–Kier alpha value is -3.25. The van der Waals surface area contributed by atoms with Crippen LogP contribution in [0.1, 0.15) is 11.1 Å². The zero-order chi connectivity index (χ0) is 20.0. The van der Waals surface area contributed by atoms with Gasteiger partial charge >= 0.3 is 5.69 Å². The fourth-order valence-corrected chi connectivity index (χ4v) is 3.02. The maximum Gasteiger partial charge on any atom is 0.314 e. The minimum absolute atomic E-state index is 0.0230. The number of carbonyl (C=O) groups excluding carboxylic acids is 1. The summed E-state index contributed by atoms with van der Waals surface area (Å²) >= 11 is 1.04. The molecular formula is C18H17N3O5S. The molecule has 0 saturated heterocycles. The summed E-state index contributed by atoms with van der Waals surface area (Å²) in [4.78, 5) is 23.5. The van der Waals surface area contributed by atoms with Gasteiger partial charge in [-0.1, -0.05) is 0 Å². The van der Waals surface area contributed by atoms with Crippen LogP contribution in [0.15, 0.2) is 35.2 Å². The van der Waals surface area contributed by atoms with E-state index in [9.17, 15) is 14.9 Å². The number of hydrogen-bond donors (Lipinski definition) is 1. The minimum atomic E-state index is -0.602. The second kappa shape index (κ2) is 8.91. The molecule has 0 heterocycles. The Morgan fingerprint density at radius 3 is 2.52 bits per heavy atom. The van der Waals surface area contributed by atoms with E-state index in [2.05, 4.69) is 5.32 Å². The van der Waals surface area contributed by atoms with Crippen molar-refractivity contribution in [2.75, 3.05) is 19.0 Å². The van der Waals surface area contributed by atoms with E-state index in [0.29, 0.717) is 11.4 Å². The van der Waals surface area contributed by atoms with E-state index in [1.54, 1.807) is 12.1 Å². The van der Waals surface area contributed by atoms with Crippen molar-refractivity contribution in [2.24, 2.45) is 0 Å². The van der Waals surface area contributed by atoms with Crippen LogP contribution >= 0.6 is 11.8 Å². The van der Waals surface area contributed by atoms with Gasteiger partial charge in [0.15, 0.2) is 12.4 Å². The van der Waals surface area contributed by atoms with Crippen LogP contribution in [0.4, 0.5) is 11.4 Å². The minimum Gasteiger partial charge on any atom is -0.496 e. The van der Waals surface area contributed by atoms with Gasteiger partial charge in [-0.3, -0.25) is 14.9 Å². The van der Waals surface area contributed by atoms with Gasteiger partial charge in [-0.25, -0.2) is 0 Å². The quantitative estimate of drug-likeness (QED) is 0.332. The van der Waals surface area contributed by atoms with Gasteiger partial charge in [0.2, 0.25) is 0 Å². The van der Waals surface area contributed by atoms with Gasteiger partial charge in [-0.05, 0) is 61.0 Å². The normalized spacial score (nSPS) is 10.0. The van der Waals surface area contributed by atoms with Crippen LogP contribution in [0, 0.1) is 34.6 Å². The molecule has 0 fully saturated rings. The van der Waals surface area contributed by atoms with Crippen molar-refractivity contribution in [3.8, 4) is 16.9 Å². The molecule has 0 aromatic heterocycles. The van der Waals surface area contributed by atoms with Crippen molar-refractivity contribution < 1.29 is 19.2 Å². The second-order valence-corrected chi connectivity index (χ2v) is 6.41. The Labute approximate surface area is 160 Å². The van der Waals surface area contributed by atoms with Crippen LogP contribution in [-0.4, -0.2) is 24.5 Å². The Morgan fingerprint density at radius 1 is 1.30 bits per heavy atom. The van der Waals surface area contributed by atoms with Crippen LogP contribution in [0.2, 0.25) is 0 Å². The van der Waals surface area contributed by atoms with E-state index in [4.69, 9.17) is 14.7 Å². The smallest absolute Gasteiger partial charge is 0.314 e. The summed E-state index contributed by atoms with van der Waals surface area (Å²) in [5.74, 6) is -0.155. The first kappa shape index (κ1) is 20.1. The number of rotatable bonds is 7. The lowest BCUT2D eigenvalue weighted by molar-refractivity contribution is -0.385. The van der Waals surface area contributed by atoms with Gasteiger partial charge in [0.05, 0.1) is 18.1 Å². The number of methoxy groups -OCH3 is 1. The molecule has 9 heteroatoms. The Morgan fingerprint density at radius 2 is 1.96 bits per heavy atom. The first-order chi connectivity index (χ1) is 12.8. The summed E-state index contributed by atoms with van der Waals surface area (Å²) in [5.41, 5.74) is 1.94. The fourth-order valence-electron chi connectivity index (χ4n) is 2.44. The summed E-state index contributed by atoms with van der Waals surface area (Å²) in [6.45, 7) is 3.25. The van der Waals surface area contributed by atoms with Crippen molar-refractivity contribution in [3.63, 3.8) is 0 Å².